The lowest BCUT2D eigenvalue weighted by atomic mass is 9.85. The third kappa shape index (κ3) is 50.9. The van der Waals surface area contributed by atoms with Crippen molar-refractivity contribution >= 4 is 5.97 Å². The Bertz CT molecular complexity index is 4280. The predicted octanol–water partition coefficient (Wildman–Crippen LogP) is 38.2. The molecule has 0 saturated heterocycles. The van der Waals surface area contributed by atoms with Crippen LogP contribution in [-0.4, -0.2) is 60.0 Å². The van der Waals surface area contributed by atoms with Gasteiger partial charge in [-0.15, -0.1) is 0 Å². The first-order valence-corrected chi connectivity index (χ1v) is 54.8. The summed E-state index contributed by atoms with van der Waals surface area (Å²) in [4.78, 5) is 10.7. The lowest BCUT2D eigenvalue weighted by molar-refractivity contribution is -0.131. The van der Waals surface area contributed by atoms with Gasteiger partial charge in [0.2, 0.25) is 0 Å². The van der Waals surface area contributed by atoms with Crippen LogP contribution in [0.15, 0.2) is 218 Å². The highest BCUT2D eigenvalue weighted by molar-refractivity contribution is 5.69. The van der Waals surface area contributed by atoms with Crippen molar-refractivity contribution in [3.8, 4) is 40.2 Å². The molecule has 0 aliphatic heterocycles. The maximum atomic E-state index is 10.7. The zero-order valence-electron chi connectivity index (χ0n) is 93.1. The van der Waals surface area contributed by atoms with Crippen LogP contribution in [0.1, 0.15) is 475 Å². The van der Waals surface area contributed by atoms with Crippen molar-refractivity contribution < 1.29 is 53.3 Å². The van der Waals surface area contributed by atoms with E-state index in [0.29, 0.717) is 76.3 Å². The maximum Gasteiger partial charge on any atom is 0.308 e. The third-order valence-electron chi connectivity index (χ3n) is 29.1. The smallest absolute Gasteiger partial charge is 0.308 e. The molecule has 12 atom stereocenters. The second-order valence-corrected chi connectivity index (χ2v) is 42.4. The topological polar surface area (TPSA) is 142 Å². The molecule has 3 aliphatic carbocycles. The summed E-state index contributed by atoms with van der Waals surface area (Å²) in [6.45, 7) is 63.2. The molecular formula is C129H196O11. The van der Waals surface area contributed by atoms with E-state index in [1.807, 2.05) is 81.4 Å². The van der Waals surface area contributed by atoms with E-state index >= 15 is 0 Å². The van der Waals surface area contributed by atoms with Gasteiger partial charge in [-0.2, -0.15) is 0 Å². The molecule has 3 fully saturated rings. The van der Waals surface area contributed by atoms with Crippen LogP contribution in [-0.2, 0) is 29.8 Å². The van der Waals surface area contributed by atoms with E-state index in [1.54, 1.807) is 36.4 Å². The molecule has 12 unspecified atom stereocenters. The number of rotatable bonds is 36. The highest BCUT2D eigenvalue weighted by Crippen LogP contribution is 2.35. The summed E-state index contributed by atoms with van der Waals surface area (Å²) in [5.41, 5.74) is 15.6. The van der Waals surface area contributed by atoms with E-state index in [-0.39, 0.29) is 35.7 Å². The van der Waals surface area contributed by atoms with Gasteiger partial charge in [0.1, 0.15) is 40.2 Å². The van der Waals surface area contributed by atoms with Crippen LogP contribution in [0.3, 0.4) is 0 Å². The average Bonchev–Trinajstić information content (AvgIpc) is 0.881. The summed E-state index contributed by atoms with van der Waals surface area (Å²) >= 11 is 0. The molecular weight excluding hydrogens is 1730 g/mol. The number of esters is 1. The van der Waals surface area contributed by atoms with Crippen molar-refractivity contribution in [2.75, 3.05) is 19.8 Å². The number of ether oxygens (including phenoxy) is 7. The summed E-state index contributed by atoms with van der Waals surface area (Å²) < 4.78 is 40.0. The number of benzene rings is 9. The van der Waals surface area contributed by atoms with E-state index in [9.17, 15) is 4.79 Å². The van der Waals surface area contributed by atoms with Crippen molar-refractivity contribution in [2.45, 2.75) is 444 Å². The number of phenols is 3. The van der Waals surface area contributed by atoms with Gasteiger partial charge < -0.3 is 48.5 Å². The fourth-order valence-electron chi connectivity index (χ4n) is 16.9. The number of carbonyl (C=O) groups is 1. The van der Waals surface area contributed by atoms with E-state index in [1.165, 1.54) is 209 Å². The Hall–Kier alpha value is -8.87. The molecule has 9 aromatic carbocycles. The van der Waals surface area contributed by atoms with Gasteiger partial charge in [-0.1, -0.05) is 383 Å². The minimum atomic E-state index is -0.277. The summed E-state index contributed by atoms with van der Waals surface area (Å²) in [7, 11) is 0. The Kier molecular flexibility index (Phi) is 61.0. The number of hydrogen-bond donors (Lipinski definition) is 3. The SMILES string of the molecule is CCC(C)c1ccc(C(C)(C)C)cc1.CCC(C)c1ccc(C(C)(C)C)cc1.CCC(C)c1ccc(O)cc1.CCC(C)c1ccc(O)cc1.CCC(C)c1ccc(O)cc1.CCC(C)c1ccc(OC(C)=O)cc1.CCC(C)c1ccc(OC(C)OCC2CCCCC2)cc1.CCC(C)c1ccc(OC(C)OCCC2CCCCC2)cc1.CCC(C)c1ccc(OC(C)OCCC2CCCCC2)cc1. The highest BCUT2D eigenvalue weighted by Gasteiger charge is 2.21. The predicted molar refractivity (Wildman–Crippen MR) is 597 cm³/mol. The quantitative estimate of drug-likeness (QED) is 0.0196. The van der Waals surface area contributed by atoms with E-state index in [0.717, 1.165) is 80.5 Å². The average molecular weight is 1920 g/mol. The van der Waals surface area contributed by atoms with Crippen molar-refractivity contribution in [1.29, 1.82) is 0 Å². The fourth-order valence-corrected chi connectivity index (χ4v) is 16.9. The van der Waals surface area contributed by atoms with Crippen LogP contribution in [0.25, 0.3) is 0 Å². The van der Waals surface area contributed by atoms with Crippen LogP contribution in [0.4, 0.5) is 0 Å². The molecule has 3 aliphatic rings. The molecule has 0 heterocycles. The van der Waals surface area contributed by atoms with Gasteiger partial charge >= 0.3 is 5.97 Å². The van der Waals surface area contributed by atoms with Crippen molar-refractivity contribution in [1.82, 2.24) is 0 Å². The molecule has 3 saturated carbocycles. The minimum Gasteiger partial charge on any atom is -0.508 e. The van der Waals surface area contributed by atoms with E-state index in [2.05, 4.69) is 287 Å². The first-order valence-electron chi connectivity index (χ1n) is 54.8. The largest absolute Gasteiger partial charge is 0.508 e. The monoisotopic (exact) mass is 1920 g/mol. The van der Waals surface area contributed by atoms with Crippen LogP contribution in [0.2, 0.25) is 0 Å². The maximum absolute atomic E-state index is 10.7. The van der Waals surface area contributed by atoms with Gasteiger partial charge in [0, 0.05) is 6.92 Å². The summed E-state index contributed by atoms with van der Waals surface area (Å²) in [5.74, 6) is 12.1. The standard InChI is InChI=1S/2C20H32O2.C19H30O2.2C14H22.C12H16O2.3C10H14O/c2*1-4-16(2)19-10-12-20(13-11-19)22-17(3)21-15-14-18-8-6-5-7-9-18;1-4-15(2)18-10-12-19(13-11-18)21-16(3)20-14-17-8-6-5-7-9-17;2*1-6-11(2)12-7-9-13(10-8-12)14(3,4)5;1-4-9(2)11-5-7-12(8-6-11)14-10(3)13;3*1-3-8(2)9-4-6-10(11)7-5-9/h2*10-13,16-18H,4-9,14-15H2,1-3H3;10-13,15-17H,4-9,14H2,1-3H3;2*7-11H,6H2,1-5H3;5-9H,4H2,1-3H3;3*4-8,11H,3H2,1-2H3. The zero-order chi connectivity index (χ0) is 104. The molecule has 3 N–H and O–H groups in total. The molecule has 12 rings (SSSR count). The van der Waals surface area contributed by atoms with Crippen LogP contribution in [0, 0.1) is 17.8 Å². The summed E-state index contributed by atoms with van der Waals surface area (Å²) in [5, 5.41) is 27.0. The van der Waals surface area contributed by atoms with Crippen LogP contribution in [0.5, 0.6) is 40.2 Å². The number of phenolic OH excluding ortho intramolecular Hbond substituents is 3. The Morgan fingerprint density at radius 3 is 0.650 bits per heavy atom. The van der Waals surface area contributed by atoms with Gasteiger partial charge in [0.15, 0.2) is 18.9 Å². The molecule has 0 aromatic heterocycles. The highest BCUT2D eigenvalue weighted by atomic mass is 16.7. The third-order valence-corrected chi connectivity index (χ3v) is 29.1. The Morgan fingerprint density at radius 1 is 0.264 bits per heavy atom. The number of carbonyl (C=O) groups excluding carboxylic acids is 1. The molecule has 11 nitrogen and oxygen atoms in total. The molecule has 9 aromatic rings. The molecule has 778 valence electrons. The second-order valence-electron chi connectivity index (χ2n) is 42.4. The molecule has 140 heavy (non-hydrogen) atoms. The Balaban J connectivity index is 0.000000333. The molecule has 0 amide bonds. The zero-order valence-corrected chi connectivity index (χ0v) is 93.1. The summed E-state index contributed by atoms with van der Waals surface area (Å²) in [6.07, 6.45) is 33.1. The van der Waals surface area contributed by atoms with E-state index in [4.69, 9.17) is 48.5 Å². The minimum absolute atomic E-state index is 0.165. The first kappa shape index (κ1) is 123. The molecule has 11 heteroatoms. The van der Waals surface area contributed by atoms with Gasteiger partial charge in [0.05, 0.1) is 19.8 Å². The van der Waals surface area contributed by atoms with Gasteiger partial charge in [-0.05, 0) is 332 Å². The lowest BCUT2D eigenvalue weighted by Gasteiger charge is -2.23. The number of aromatic hydroxyl groups is 3. The lowest BCUT2D eigenvalue weighted by Crippen LogP contribution is -2.22. The van der Waals surface area contributed by atoms with Crippen molar-refractivity contribution in [3.63, 3.8) is 0 Å². The van der Waals surface area contributed by atoms with Crippen molar-refractivity contribution in [2.24, 2.45) is 17.8 Å². The van der Waals surface area contributed by atoms with E-state index < -0.39 is 0 Å². The van der Waals surface area contributed by atoms with Gasteiger partial charge in [0.25, 0.3) is 0 Å². The normalized spacial score (nSPS) is 15.9. The molecule has 0 radical (unpaired) electrons. The Labute approximate surface area is 855 Å². The van der Waals surface area contributed by atoms with Crippen LogP contribution < -0.4 is 18.9 Å². The Morgan fingerprint density at radius 2 is 0.450 bits per heavy atom. The molecule has 0 bridgehead atoms. The fraction of sp³-hybridized carbons (Fsp3) is 0.574. The second kappa shape index (κ2) is 69.2. The molecule has 0 spiro atoms. The summed E-state index contributed by atoms with van der Waals surface area (Å²) in [6, 6.07) is 73.5. The van der Waals surface area contributed by atoms with Crippen LogP contribution >= 0.6 is 0 Å². The van der Waals surface area contributed by atoms with Gasteiger partial charge in [-0.25, -0.2) is 0 Å². The van der Waals surface area contributed by atoms with Crippen molar-refractivity contribution in [3.05, 3.63) is 280 Å². The first-order chi connectivity index (χ1) is 66.8. The number of hydrogen-bond acceptors (Lipinski definition) is 11. The van der Waals surface area contributed by atoms with Gasteiger partial charge in [-0.3, -0.25) is 4.79 Å².